The van der Waals surface area contributed by atoms with E-state index in [0.717, 1.165) is 25.5 Å². The molecule has 0 aliphatic rings. The topological polar surface area (TPSA) is 30.2 Å². The molecule has 0 aliphatic carbocycles. The smallest absolute Gasteiger partial charge is 0.117 e. The lowest BCUT2D eigenvalue weighted by molar-refractivity contribution is 0.586. The van der Waals surface area contributed by atoms with Crippen molar-refractivity contribution in [1.29, 1.82) is 0 Å². The van der Waals surface area contributed by atoms with Gasteiger partial charge >= 0.3 is 0 Å². The highest BCUT2D eigenvalue weighted by Gasteiger charge is 2.15. The molecule has 2 aromatic rings. The molecule has 0 spiro atoms. The van der Waals surface area contributed by atoms with Crippen LogP contribution in [0.15, 0.2) is 29.3 Å². The zero-order valence-corrected chi connectivity index (χ0v) is 14.9. The Morgan fingerprint density at radius 1 is 1.25 bits per heavy atom. The Labute approximate surface area is 138 Å². The number of hydrogen-bond acceptors (Lipinski definition) is 2. The summed E-state index contributed by atoms with van der Waals surface area (Å²) in [5.74, 6) is 0. The van der Waals surface area contributed by atoms with Gasteiger partial charge in [0.25, 0.3) is 0 Å². The van der Waals surface area contributed by atoms with Crippen LogP contribution in [-0.4, -0.2) is 21.5 Å². The minimum absolute atomic E-state index is 0.0962. The van der Waals surface area contributed by atoms with Gasteiger partial charge in [0.1, 0.15) is 5.69 Å². The van der Waals surface area contributed by atoms with E-state index < -0.39 is 0 Å². The summed E-state index contributed by atoms with van der Waals surface area (Å²) in [4.78, 5) is 4.52. The summed E-state index contributed by atoms with van der Waals surface area (Å²) in [5.41, 5.74) is 2.98. The average molecular weight is 402 g/mol. The maximum Gasteiger partial charge on any atom is 0.117 e. The fourth-order valence-corrected chi connectivity index (χ4v) is 2.81. The van der Waals surface area contributed by atoms with Crippen LogP contribution >= 0.6 is 34.2 Å². The predicted molar refractivity (Wildman–Crippen MR) is 93.7 cm³/mol. The number of aryl methyl sites for hydroxylation is 1. The van der Waals surface area contributed by atoms with Crippen LogP contribution in [0, 0.1) is 3.57 Å². The van der Waals surface area contributed by atoms with Crippen LogP contribution < -0.4 is 0 Å². The molecule has 5 heteroatoms. The van der Waals surface area contributed by atoms with E-state index >= 15 is 0 Å². The molecule has 0 atom stereocenters. The highest BCUT2D eigenvalue weighted by atomic mass is 127. The van der Waals surface area contributed by atoms with Gasteiger partial charge in [-0.15, -0.1) is 0 Å². The Morgan fingerprint density at radius 3 is 2.40 bits per heavy atom. The highest BCUT2D eigenvalue weighted by molar-refractivity contribution is 14.1. The first-order valence-corrected chi connectivity index (χ1v) is 7.77. The average Bonchev–Trinajstić information content (AvgIpc) is 2.63. The van der Waals surface area contributed by atoms with E-state index in [2.05, 4.69) is 53.5 Å². The first-order chi connectivity index (χ1) is 9.28. The zero-order valence-electron chi connectivity index (χ0n) is 12.0. The van der Waals surface area contributed by atoms with Crippen molar-refractivity contribution in [2.75, 3.05) is 0 Å². The molecule has 1 aromatic heterocycles. The Hall–Kier alpha value is -0.880. The van der Waals surface area contributed by atoms with Crippen molar-refractivity contribution in [2.24, 2.45) is 12.0 Å². The third-order valence-corrected chi connectivity index (χ3v) is 4.02. The van der Waals surface area contributed by atoms with Gasteiger partial charge in [-0.25, -0.2) is 0 Å². The van der Waals surface area contributed by atoms with Gasteiger partial charge in [-0.3, -0.25) is 9.67 Å². The molecule has 1 aromatic carbocycles. The van der Waals surface area contributed by atoms with Crippen molar-refractivity contribution in [3.63, 3.8) is 0 Å². The predicted octanol–water partition coefficient (Wildman–Crippen LogP) is 4.56. The second kappa shape index (κ2) is 5.85. The summed E-state index contributed by atoms with van der Waals surface area (Å²) in [5, 5.41) is 5.28. The molecule has 20 heavy (non-hydrogen) atoms. The molecule has 0 amide bonds. The van der Waals surface area contributed by atoms with Gasteiger partial charge in [-0.05, 0) is 55.5 Å². The lowest BCUT2D eigenvalue weighted by Crippen LogP contribution is -2.10. The number of rotatable bonds is 2. The minimum Gasteiger partial charge on any atom is -0.285 e. The normalized spacial score (nSPS) is 12.3. The molecular weight excluding hydrogens is 385 g/mol. The molecule has 0 unspecified atom stereocenters. The molecule has 0 bridgehead atoms. The van der Waals surface area contributed by atoms with Crippen LogP contribution in [0.2, 0.25) is 5.02 Å². The van der Waals surface area contributed by atoms with Gasteiger partial charge in [0, 0.05) is 17.6 Å². The molecule has 0 saturated heterocycles. The quantitative estimate of drug-likeness (QED) is 0.536. The number of aromatic nitrogens is 2. The van der Waals surface area contributed by atoms with E-state index in [-0.39, 0.29) is 5.54 Å². The summed E-state index contributed by atoms with van der Waals surface area (Å²) < 4.78 is 2.98. The number of hydrogen-bond donors (Lipinski definition) is 0. The number of aliphatic imine (C=N–C) groups is 1. The number of benzene rings is 1. The summed E-state index contributed by atoms with van der Waals surface area (Å²) >= 11 is 8.26. The maximum atomic E-state index is 5.94. The van der Waals surface area contributed by atoms with E-state index in [1.54, 1.807) is 0 Å². The molecular formula is C15H17ClIN3. The van der Waals surface area contributed by atoms with Gasteiger partial charge in [-0.1, -0.05) is 23.7 Å². The second-order valence-corrected chi connectivity index (χ2v) is 7.12. The maximum absolute atomic E-state index is 5.94. The minimum atomic E-state index is -0.0962. The molecule has 0 radical (unpaired) electrons. The van der Waals surface area contributed by atoms with Crippen molar-refractivity contribution in [1.82, 2.24) is 9.78 Å². The van der Waals surface area contributed by atoms with E-state index in [1.165, 1.54) is 0 Å². The van der Waals surface area contributed by atoms with Gasteiger partial charge in [0.15, 0.2) is 0 Å². The molecule has 106 valence electrons. The van der Waals surface area contributed by atoms with Crippen molar-refractivity contribution < 1.29 is 0 Å². The van der Waals surface area contributed by atoms with E-state index in [0.29, 0.717) is 0 Å². The van der Waals surface area contributed by atoms with Crippen LogP contribution in [0.25, 0.3) is 11.3 Å². The van der Waals surface area contributed by atoms with Crippen LogP contribution in [0.5, 0.6) is 0 Å². The number of halogens is 2. The van der Waals surface area contributed by atoms with Crippen molar-refractivity contribution in [2.45, 2.75) is 26.3 Å². The van der Waals surface area contributed by atoms with E-state index in [4.69, 9.17) is 11.6 Å². The highest BCUT2D eigenvalue weighted by Crippen LogP contribution is 2.28. The van der Waals surface area contributed by atoms with Crippen LogP contribution in [-0.2, 0) is 7.05 Å². The van der Waals surface area contributed by atoms with Gasteiger partial charge < -0.3 is 0 Å². The molecule has 2 rings (SSSR count). The molecule has 0 saturated carbocycles. The standard InChI is InChI=1S/C15H17ClIN3/c1-15(2,3)18-9-12-13(17)14(20(4)19-12)10-5-7-11(16)8-6-10/h5-9H,1-4H3. The zero-order chi connectivity index (χ0) is 14.9. The fraction of sp³-hybridized carbons (Fsp3) is 0.333. The Kier molecular flexibility index (Phi) is 4.54. The van der Waals surface area contributed by atoms with Crippen molar-refractivity contribution in [3.8, 4) is 11.3 Å². The van der Waals surface area contributed by atoms with Crippen molar-refractivity contribution >= 4 is 40.4 Å². The van der Waals surface area contributed by atoms with Crippen molar-refractivity contribution in [3.05, 3.63) is 38.6 Å². The third kappa shape index (κ3) is 3.61. The monoisotopic (exact) mass is 401 g/mol. The third-order valence-electron chi connectivity index (χ3n) is 2.71. The lowest BCUT2D eigenvalue weighted by Gasteiger charge is -2.10. The van der Waals surface area contributed by atoms with E-state index in [9.17, 15) is 0 Å². The lowest BCUT2D eigenvalue weighted by atomic mass is 10.1. The molecule has 0 N–H and O–H groups in total. The van der Waals surface area contributed by atoms with Crippen LogP contribution in [0.3, 0.4) is 0 Å². The first-order valence-electron chi connectivity index (χ1n) is 6.31. The Bertz CT molecular complexity index is 636. The molecule has 1 heterocycles. The number of nitrogens with zero attached hydrogens (tertiary/aromatic N) is 3. The Morgan fingerprint density at radius 2 is 1.85 bits per heavy atom. The second-order valence-electron chi connectivity index (χ2n) is 5.61. The summed E-state index contributed by atoms with van der Waals surface area (Å²) in [6.45, 7) is 6.21. The van der Waals surface area contributed by atoms with E-state index in [1.807, 2.05) is 42.2 Å². The molecule has 0 aliphatic heterocycles. The largest absolute Gasteiger partial charge is 0.285 e. The van der Waals surface area contributed by atoms with Crippen LogP contribution in [0.4, 0.5) is 0 Å². The first kappa shape index (κ1) is 15.5. The van der Waals surface area contributed by atoms with Gasteiger partial charge in [0.2, 0.25) is 0 Å². The SMILES string of the molecule is Cn1nc(C=NC(C)(C)C)c(I)c1-c1ccc(Cl)cc1. The fourth-order valence-electron chi connectivity index (χ4n) is 1.78. The molecule has 0 fully saturated rings. The van der Waals surface area contributed by atoms with Gasteiger partial charge in [-0.2, -0.15) is 5.10 Å². The summed E-state index contributed by atoms with van der Waals surface area (Å²) in [6, 6.07) is 7.80. The summed E-state index contributed by atoms with van der Waals surface area (Å²) in [7, 11) is 1.94. The van der Waals surface area contributed by atoms with Gasteiger partial charge in [0.05, 0.1) is 21.0 Å². The summed E-state index contributed by atoms with van der Waals surface area (Å²) in [6.07, 6.45) is 1.85. The van der Waals surface area contributed by atoms with Crippen LogP contribution in [0.1, 0.15) is 26.5 Å². The molecule has 3 nitrogen and oxygen atoms in total. The Balaban J connectivity index is 2.44.